The molecule has 2 heterocycles. The summed E-state index contributed by atoms with van der Waals surface area (Å²) in [6, 6.07) is 10.4. The zero-order chi connectivity index (χ0) is 22.4. The molecule has 0 bridgehead atoms. The van der Waals surface area contributed by atoms with E-state index in [1.54, 1.807) is 25.4 Å². The number of ether oxygens (including phenoxy) is 1. The minimum atomic E-state index is -0.770. The highest BCUT2D eigenvalue weighted by Crippen LogP contribution is 2.29. The Balaban J connectivity index is 1.70. The van der Waals surface area contributed by atoms with E-state index < -0.39 is 12.1 Å². The Labute approximate surface area is 182 Å². The molecule has 1 aliphatic heterocycles. The lowest BCUT2D eigenvalue weighted by Gasteiger charge is -2.30. The van der Waals surface area contributed by atoms with Gasteiger partial charge in [0.2, 0.25) is 5.91 Å². The predicted octanol–water partition coefficient (Wildman–Crippen LogP) is 2.63. The number of ketones is 1. The molecule has 3 atom stereocenters. The number of rotatable bonds is 9. The summed E-state index contributed by atoms with van der Waals surface area (Å²) in [5.41, 5.74) is 1.47. The molecule has 1 saturated heterocycles. The van der Waals surface area contributed by atoms with Gasteiger partial charge in [-0.15, -0.1) is 0 Å². The van der Waals surface area contributed by atoms with Gasteiger partial charge in [0.05, 0.1) is 11.7 Å². The topological polar surface area (TPSA) is 100 Å². The Morgan fingerprint density at radius 3 is 2.58 bits per heavy atom. The van der Waals surface area contributed by atoms with Gasteiger partial charge in [0.15, 0.2) is 5.78 Å². The SMILES string of the molecule is C[C@@H]1OCC(=O)[C@H]1NC(=O)[C@H](CC(C)(C)CCc1ccccc1)NC(=O)c1cc[nH]c1. The minimum absolute atomic E-state index is 0.00490. The maximum absolute atomic E-state index is 13.1. The van der Waals surface area contributed by atoms with Crippen LogP contribution in [0.1, 0.15) is 49.5 Å². The molecule has 166 valence electrons. The number of aryl methyl sites for hydroxylation is 1. The van der Waals surface area contributed by atoms with Crippen molar-refractivity contribution in [2.45, 2.75) is 58.2 Å². The monoisotopic (exact) mass is 425 g/mol. The van der Waals surface area contributed by atoms with Crippen LogP contribution in [-0.4, -0.2) is 47.4 Å². The molecule has 7 nitrogen and oxygen atoms in total. The predicted molar refractivity (Wildman–Crippen MR) is 118 cm³/mol. The van der Waals surface area contributed by atoms with Gasteiger partial charge in [0.1, 0.15) is 18.7 Å². The molecule has 0 saturated carbocycles. The van der Waals surface area contributed by atoms with Crippen LogP contribution in [0, 0.1) is 5.41 Å². The van der Waals surface area contributed by atoms with Gasteiger partial charge in [-0.05, 0) is 43.2 Å². The highest BCUT2D eigenvalue weighted by Gasteiger charge is 2.37. The normalized spacial score (nSPS) is 19.8. The molecular weight excluding hydrogens is 394 g/mol. The lowest BCUT2D eigenvalue weighted by molar-refractivity contribution is -0.128. The molecule has 1 fully saturated rings. The molecule has 1 aromatic heterocycles. The quantitative estimate of drug-likeness (QED) is 0.575. The second kappa shape index (κ2) is 9.92. The van der Waals surface area contributed by atoms with Crippen LogP contribution in [0.15, 0.2) is 48.8 Å². The minimum Gasteiger partial charge on any atom is -0.368 e. The summed E-state index contributed by atoms with van der Waals surface area (Å²) >= 11 is 0. The third kappa shape index (κ3) is 6.28. The summed E-state index contributed by atoms with van der Waals surface area (Å²) in [4.78, 5) is 40.7. The fourth-order valence-corrected chi connectivity index (χ4v) is 3.81. The van der Waals surface area contributed by atoms with Crippen LogP contribution in [0.2, 0.25) is 0 Å². The smallest absolute Gasteiger partial charge is 0.253 e. The van der Waals surface area contributed by atoms with E-state index >= 15 is 0 Å². The van der Waals surface area contributed by atoms with Crippen molar-refractivity contribution in [3.8, 4) is 0 Å². The first kappa shape index (κ1) is 22.7. The fourth-order valence-electron chi connectivity index (χ4n) is 3.81. The first-order valence-electron chi connectivity index (χ1n) is 10.7. The number of carbonyl (C=O) groups is 3. The fraction of sp³-hybridized carbons (Fsp3) is 0.458. The standard InChI is InChI=1S/C24H31N3O4/c1-16-21(20(28)15-31-16)27-23(30)19(26-22(29)18-10-12-25-14-18)13-24(2,3)11-9-17-7-5-4-6-8-17/h4-8,10,12,14,16,19,21,25H,9,11,13,15H2,1-3H3,(H,26,29)(H,27,30)/t16-,19-,21-/m0/s1. The second-order valence-corrected chi connectivity index (χ2v) is 8.95. The van der Waals surface area contributed by atoms with E-state index in [-0.39, 0.29) is 35.7 Å². The first-order valence-corrected chi connectivity index (χ1v) is 10.7. The van der Waals surface area contributed by atoms with Crippen molar-refractivity contribution in [2.75, 3.05) is 6.61 Å². The molecule has 1 aliphatic rings. The van der Waals surface area contributed by atoms with Gasteiger partial charge in [-0.2, -0.15) is 0 Å². The summed E-state index contributed by atoms with van der Waals surface area (Å²) in [6.45, 7) is 5.93. The van der Waals surface area contributed by atoms with Crippen LogP contribution in [0.25, 0.3) is 0 Å². The molecule has 3 N–H and O–H groups in total. The highest BCUT2D eigenvalue weighted by atomic mass is 16.5. The van der Waals surface area contributed by atoms with Gasteiger partial charge in [0.25, 0.3) is 5.91 Å². The van der Waals surface area contributed by atoms with E-state index in [0.29, 0.717) is 12.0 Å². The third-order valence-corrected chi connectivity index (χ3v) is 5.77. The number of carbonyl (C=O) groups excluding carboxylic acids is 3. The number of H-pyrrole nitrogens is 1. The van der Waals surface area contributed by atoms with Crippen LogP contribution in [0.3, 0.4) is 0 Å². The van der Waals surface area contributed by atoms with Crippen molar-refractivity contribution in [2.24, 2.45) is 5.41 Å². The molecule has 3 rings (SSSR count). The van der Waals surface area contributed by atoms with Crippen LogP contribution < -0.4 is 10.6 Å². The van der Waals surface area contributed by atoms with E-state index in [4.69, 9.17) is 4.74 Å². The zero-order valence-corrected chi connectivity index (χ0v) is 18.3. The van der Waals surface area contributed by atoms with Gasteiger partial charge in [0, 0.05) is 12.4 Å². The van der Waals surface area contributed by atoms with E-state index in [1.165, 1.54) is 5.56 Å². The highest BCUT2D eigenvalue weighted by molar-refractivity contribution is 5.98. The number of aromatic amines is 1. The zero-order valence-electron chi connectivity index (χ0n) is 18.3. The largest absolute Gasteiger partial charge is 0.368 e. The van der Waals surface area contributed by atoms with Gasteiger partial charge in [-0.25, -0.2) is 0 Å². The van der Waals surface area contributed by atoms with Crippen LogP contribution >= 0.6 is 0 Å². The van der Waals surface area contributed by atoms with Gasteiger partial charge in [-0.1, -0.05) is 44.2 Å². The first-order chi connectivity index (χ1) is 14.7. The summed E-state index contributed by atoms with van der Waals surface area (Å²) in [5.74, 6) is -0.852. The molecule has 0 radical (unpaired) electrons. The van der Waals surface area contributed by atoms with E-state index in [1.807, 2.05) is 18.2 Å². The molecule has 31 heavy (non-hydrogen) atoms. The Hall–Kier alpha value is -2.93. The number of benzene rings is 1. The Morgan fingerprint density at radius 2 is 1.97 bits per heavy atom. The van der Waals surface area contributed by atoms with Crippen LogP contribution in [0.4, 0.5) is 0 Å². The summed E-state index contributed by atoms with van der Waals surface area (Å²) in [6.07, 6.45) is 5.02. The van der Waals surface area contributed by atoms with Gasteiger partial charge >= 0.3 is 0 Å². The van der Waals surface area contributed by atoms with Crippen molar-refractivity contribution in [1.29, 1.82) is 0 Å². The van der Waals surface area contributed by atoms with E-state index in [2.05, 4.69) is 41.6 Å². The van der Waals surface area contributed by atoms with Crippen molar-refractivity contribution >= 4 is 17.6 Å². The molecule has 0 spiro atoms. The maximum atomic E-state index is 13.1. The number of aromatic nitrogens is 1. The molecule has 2 aromatic rings. The molecule has 0 unspecified atom stereocenters. The lowest BCUT2D eigenvalue weighted by atomic mass is 9.80. The average molecular weight is 426 g/mol. The van der Waals surface area contributed by atoms with Gasteiger partial charge in [-0.3, -0.25) is 14.4 Å². The number of hydrogen-bond acceptors (Lipinski definition) is 4. The molecule has 0 aliphatic carbocycles. The number of hydrogen-bond donors (Lipinski definition) is 3. The molecule has 1 aromatic carbocycles. The number of nitrogens with one attached hydrogen (secondary N) is 3. The third-order valence-electron chi connectivity index (χ3n) is 5.77. The van der Waals surface area contributed by atoms with Crippen molar-refractivity contribution in [3.63, 3.8) is 0 Å². The molecular formula is C24H31N3O4. The van der Waals surface area contributed by atoms with E-state index in [0.717, 1.165) is 12.8 Å². The van der Waals surface area contributed by atoms with Crippen LogP contribution in [-0.2, 0) is 20.7 Å². The number of Topliss-reactive ketones (excluding diaryl/α,β-unsaturated/α-hetero) is 1. The molecule has 2 amide bonds. The number of amides is 2. The Bertz CT molecular complexity index is 893. The summed E-state index contributed by atoms with van der Waals surface area (Å²) in [5, 5.41) is 5.64. The second-order valence-electron chi connectivity index (χ2n) is 8.95. The Kier molecular flexibility index (Phi) is 7.28. The maximum Gasteiger partial charge on any atom is 0.253 e. The van der Waals surface area contributed by atoms with Crippen molar-refractivity contribution in [3.05, 3.63) is 59.9 Å². The van der Waals surface area contributed by atoms with E-state index in [9.17, 15) is 14.4 Å². The Morgan fingerprint density at radius 1 is 1.23 bits per heavy atom. The summed E-state index contributed by atoms with van der Waals surface area (Å²) < 4.78 is 5.33. The lowest BCUT2D eigenvalue weighted by Crippen LogP contribution is -2.54. The van der Waals surface area contributed by atoms with Gasteiger partial charge < -0.3 is 20.4 Å². The average Bonchev–Trinajstić information content (AvgIpc) is 3.39. The summed E-state index contributed by atoms with van der Waals surface area (Å²) in [7, 11) is 0. The van der Waals surface area contributed by atoms with Crippen molar-refractivity contribution in [1.82, 2.24) is 15.6 Å². The van der Waals surface area contributed by atoms with Crippen LogP contribution in [0.5, 0.6) is 0 Å². The molecule has 7 heteroatoms. The van der Waals surface area contributed by atoms with Crippen molar-refractivity contribution < 1.29 is 19.1 Å².